The lowest BCUT2D eigenvalue weighted by Crippen LogP contribution is -2.61. The van der Waals surface area contributed by atoms with Crippen molar-refractivity contribution < 1.29 is 73.8 Å². The van der Waals surface area contributed by atoms with Gasteiger partial charge in [0.2, 0.25) is 0 Å². The minimum absolute atomic E-state index is 0.162. The normalized spacial score (nSPS) is 27.8. The molecule has 2 rings (SSSR count). The summed E-state index contributed by atoms with van der Waals surface area (Å²) in [4.78, 5) is 25.4. The van der Waals surface area contributed by atoms with E-state index >= 15 is 0 Å². The van der Waals surface area contributed by atoms with Gasteiger partial charge in [-0.05, 0) is 44.9 Å². The number of rotatable bonds is 34. The van der Waals surface area contributed by atoms with Gasteiger partial charge >= 0.3 is 11.9 Å². The van der Waals surface area contributed by atoms with Gasteiger partial charge in [-0.1, -0.05) is 122 Å². The predicted octanol–water partition coefficient (Wildman–Crippen LogP) is 4.82. The van der Waals surface area contributed by atoms with Gasteiger partial charge in [0.1, 0.15) is 55.4 Å². The highest BCUT2D eigenvalue weighted by molar-refractivity contribution is 5.70. The Hall–Kier alpha value is -2.02. The van der Waals surface area contributed by atoms with E-state index in [4.69, 9.17) is 28.4 Å². The van der Waals surface area contributed by atoms with Crippen molar-refractivity contribution in [1.29, 1.82) is 0 Å². The molecular weight excluding hydrogens is 780 g/mol. The Morgan fingerprint density at radius 1 is 0.533 bits per heavy atom. The summed E-state index contributed by atoms with van der Waals surface area (Å²) < 4.78 is 33.3. The lowest BCUT2D eigenvalue weighted by Gasteiger charge is -2.42. The van der Waals surface area contributed by atoms with Crippen LogP contribution in [-0.2, 0) is 38.0 Å². The molecule has 2 fully saturated rings. The van der Waals surface area contributed by atoms with Gasteiger partial charge < -0.3 is 64.2 Å². The second kappa shape index (κ2) is 33.5. The van der Waals surface area contributed by atoms with Crippen molar-refractivity contribution in [2.45, 2.75) is 223 Å². The minimum atomic E-state index is -1.76. The topological polar surface area (TPSA) is 231 Å². The van der Waals surface area contributed by atoms with E-state index in [9.17, 15) is 45.3 Å². The zero-order valence-electron chi connectivity index (χ0n) is 36.4. The summed E-state index contributed by atoms with van der Waals surface area (Å²) in [7, 11) is 0. The van der Waals surface area contributed by atoms with Gasteiger partial charge in [-0.3, -0.25) is 9.59 Å². The number of ether oxygens (including phenoxy) is 6. The molecule has 7 N–H and O–H groups in total. The van der Waals surface area contributed by atoms with E-state index in [-0.39, 0.29) is 26.1 Å². The summed E-state index contributed by atoms with van der Waals surface area (Å²) in [5.41, 5.74) is 0. The van der Waals surface area contributed by atoms with Crippen LogP contribution in [0.5, 0.6) is 0 Å². The molecule has 11 atom stereocenters. The van der Waals surface area contributed by atoms with Crippen LogP contribution < -0.4 is 0 Å². The highest BCUT2D eigenvalue weighted by Gasteiger charge is 2.47. The number of esters is 2. The fraction of sp³-hybridized carbons (Fsp3) is 0.867. The molecule has 0 radical (unpaired) electrons. The zero-order valence-corrected chi connectivity index (χ0v) is 36.4. The number of carbonyl (C=O) groups excluding carboxylic acids is 2. The van der Waals surface area contributed by atoms with Crippen LogP contribution in [0.15, 0.2) is 24.3 Å². The van der Waals surface area contributed by atoms with Crippen LogP contribution in [0.4, 0.5) is 0 Å². The average Bonchev–Trinajstić information content (AvgIpc) is 3.24. The highest BCUT2D eigenvalue weighted by atomic mass is 16.7. The van der Waals surface area contributed by atoms with E-state index in [1.165, 1.54) is 51.4 Å². The Bertz CT molecular complexity index is 1150. The maximum absolute atomic E-state index is 12.9. The molecule has 0 spiro atoms. The molecule has 0 aromatic heterocycles. The predicted molar refractivity (Wildman–Crippen MR) is 224 cm³/mol. The van der Waals surface area contributed by atoms with Crippen LogP contribution in [0.1, 0.15) is 155 Å². The van der Waals surface area contributed by atoms with Crippen molar-refractivity contribution in [1.82, 2.24) is 0 Å². The molecule has 0 aromatic carbocycles. The number of aliphatic hydroxyl groups excluding tert-OH is 7. The second-order valence-corrected chi connectivity index (χ2v) is 16.2. The molecule has 15 heteroatoms. The van der Waals surface area contributed by atoms with E-state index < -0.39 is 92.7 Å². The maximum atomic E-state index is 12.9. The molecule has 2 saturated heterocycles. The van der Waals surface area contributed by atoms with Gasteiger partial charge in [-0.25, -0.2) is 0 Å². The molecule has 60 heavy (non-hydrogen) atoms. The third kappa shape index (κ3) is 22.4. The molecule has 0 amide bonds. The van der Waals surface area contributed by atoms with Crippen LogP contribution in [0, 0.1) is 0 Å². The van der Waals surface area contributed by atoms with Gasteiger partial charge in [-0.2, -0.15) is 0 Å². The third-order valence-electron chi connectivity index (χ3n) is 10.9. The van der Waals surface area contributed by atoms with E-state index in [0.717, 1.165) is 64.2 Å². The summed E-state index contributed by atoms with van der Waals surface area (Å²) in [6.07, 6.45) is 14.2. The number of hydrogen-bond acceptors (Lipinski definition) is 15. The molecular formula is C45H80O15. The lowest BCUT2D eigenvalue weighted by atomic mass is 9.98. The van der Waals surface area contributed by atoms with Crippen LogP contribution in [0.25, 0.3) is 0 Å². The highest BCUT2D eigenvalue weighted by Crippen LogP contribution is 2.26. The number of hydrogen-bond donors (Lipinski definition) is 7. The first-order valence-electron chi connectivity index (χ1n) is 22.9. The number of allylic oxidation sites excluding steroid dienone is 4. The third-order valence-corrected chi connectivity index (χ3v) is 10.9. The molecule has 350 valence electrons. The smallest absolute Gasteiger partial charge is 0.306 e. The largest absolute Gasteiger partial charge is 0.462 e. The Morgan fingerprint density at radius 2 is 1.00 bits per heavy atom. The Balaban J connectivity index is 1.77. The fourth-order valence-corrected chi connectivity index (χ4v) is 7.07. The molecule has 0 bridgehead atoms. The SMILES string of the molecule is CCCCC/C=C\C/C=C\CCCCCCCCCCCC(=O)OC(COC(=O)CCCCCCC)COC1OC(COC2OC(CO)C(O)C(O)C2O)C(O)C(O)C1O. The van der Waals surface area contributed by atoms with E-state index in [1.54, 1.807) is 0 Å². The van der Waals surface area contributed by atoms with Gasteiger partial charge in [0.15, 0.2) is 18.7 Å². The summed E-state index contributed by atoms with van der Waals surface area (Å²) >= 11 is 0. The Kier molecular flexibility index (Phi) is 30.2. The monoisotopic (exact) mass is 861 g/mol. The van der Waals surface area contributed by atoms with Gasteiger partial charge in [-0.15, -0.1) is 0 Å². The first kappa shape index (κ1) is 54.1. The number of unbranched alkanes of at least 4 members (excludes halogenated alkanes) is 16. The minimum Gasteiger partial charge on any atom is -0.462 e. The van der Waals surface area contributed by atoms with E-state index in [1.807, 2.05) is 0 Å². The summed E-state index contributed by atoms with van der Waals surface area (Å²) in [5.74, 6) is -0.943. The lowest BCUT2D eigenvalue weighted by molar-refractivity contribution is -0.332. The number of aliphatic hydroxyl groups is 7. The van der Waals surface area contributed by atoms with Crippen molar-refractivity contribution in [2.75, 3.05) is 26.4 Å². The summed E-state index contributed by atoms with van der Waals surface area (Å²) in [5, 5.41) is 71.7. The molecule has 2 aliphatic heterocycles. The van der Waals surface area contributed by atoms with Crippen LogP contribution in [0.3, 0.4) is 0 Å². The first-order valence-corrected chi connectivity index (χ1v) is 22.9. The van der Waals surface area contributed by atoms with E-state index in [2.05, 4.69) is 38.2 Å². The van der Waals surface area contributed by atoms with Crippen molar-refractivity contribution >= 4 is 11.9 Å². The van der Waals surface area contributed by atoms with Gasteiger partial charge in [0, 0.05) is 12.8 Å². The first-order chi connectivity index (χ1) is 29.0. The van der Waals surface area contributed by atoms with Crippen molar-refractivity contribution in [3.8, 4) is 0 Å². The van der Waals surface area contributed by atoms with Gasteiger partial charge in [0.05, 0.1) is 19.8 Å². The molecule has 0 aliphatic carbocycles. The molecule has 0 aromatic rings. The summed E-state index contributed by atoms with van der Waals surface area (Å²) in [6, 6.07) is 0. The second-order valence-electron chi connectivity index (χ2n) is 16.2. The number of carbonyl (C=O) groups is 2. The maximum Gasteiger partial charge on any atom is 0.306 e. The molecule has 2 aliphatic rings. The molecule has 0 saturated carbocycles. The Labute approximate surface area is 358 Å². The Morgan fingerprint density at radius 3 is 1.58 bits per heavy atom. The fourth-order valence-electron chi connectivity index (χ4n) is 7.07. The average molecular weight is 861 g/mol. The molecule has 15 nitrogen and oxygen atoms in total. The quantitative estimate of drug-likeness (QED) is 0.0261. The van der Waals surface area contributed by atoms with E-state index in [0.29, 0.717) is 12.8 Å². The van der Waals surface area contributed by atoms with Crippen molar-refractivity contribution in [3.63, 3.8) is 0 Å². The molecule has 2 heterocycles. The van der Waals surface area contributed by atoms with Crippen molar-refractivity contribution in [3.05, 3.63) is 24.3 Å². The van der Waals surface area contributed by atoms with Crippen LogP contribution in [-0.4, -0.2) is 142 Å². The van der Waals surface area contributed by atoms with Crippen molar-refractivity contribution in [2.24, 2.45) is 0 Å². The summed E-state index contributed by atoms with van der Waals surface area (Å²) in [6.45, 7) is 2.44. The van der Waals surface area contributed by atoms with Crippen LogP contribution in [0.2, 0.25) is 0 Å². The zero-order chi connectivity index (χ0) is 44.0. The standard InChI is InChI=1S/C45H80O15/c1-3-5-7-9-10-11-12-13-14-15-16-17-18-19-20-21-22-24-26-28-37(48)58-33(30-55-36(47)27-25-23-8-6-4-2)31-56-44-43(54)41(52)39(50)35(60-44)32-57-45-42(53)40(51)38(49)34(29-46)59-45/h10-11,13-14,33-35,38-46,49-54H,3-9,12,15-32H2,1-2H3/b11-10-,14-13-. The van der Waals surface area contributed by atoms with Crippen LogP contribution >= 0.6 is 0 Å². The van der Waals surface area contributed by atoms with Gasteiger partial charge in [0.25, 0.3) is 0 Å². The molecule has 11 unspecified atom stereocenters.